The number of benzene rings is 2. The Morgan fingerprint density at radius 3 is 2.45 bits per heavy atom. The van der Waals surface area contributed by atoms with Crippen molar-refractivity contribution < 1.29 is 9.53 Å². The van der Waals surface area contributed by atoms with Crippen LogP contribution in [0.5, 0.6) is 5.75 Å². The number of amidine groups is 1. The van der Waals surface area contributed by atoms with E-state index in [9.17, 15) is 4.79 Å². The minimum Gasteiger partial charge on any atom is -0.497 e. The number of rotatable bonds is 4. The van der Waals surface area contributed by atoms with Crippen LogP contribution in [0.15, 0.2) is 82.0 Å². The van der Waals surface area contributed by atoms with Gasteiger partial charge in [-0.1, -0.05) is 68.0 Å². The number of methoxy groups -OCH3 is 1. The third-order valence-electron chi connectivity index (χ3n) is 5.31. The average Bonchev–Trinajstić information content (AvgIpc) is 3.03. The molecule has 0 spiro atoms. The van der Waals surface area contributed by atoms with Gasteiger partial charge in [-0.05, 0) is 42.5 Å². The molecule has 5 nitrogen and oxygen atoms in total. The van der Waals surface area contributed by atoms with Crippen molar-refractivity contribution in [2.45, 2.75) is 33.6 Å². The molecule has 1 amide bonds. The number of hydrogen-bond donors (Lipinski definition) is 0. The fourth-order valence-electron chi connectivity index (χ4n) is 4.12. The van der Waals surface area contributed by atoms with Gasteiger partial charge in [0.2, 0.25) is 0 Å². The van der Waals surface area contributed by atoms with Crippen molar-refractivity contribution >= 4 is 23.5 Å². The van der Waals surface area contributed by atoms with Gasteiger partial charge in [0.25, 0.3) is 5.91 Å². The summed E-state index contributed by atoms with van der Waals surface area (Å²) in [5.74, 6) is 1.11. The van der Waals surface area contributed by atoms with E-state index in [0.717, 1.165) is 35.4 Å². The van der Waals surface area contributed by atoms with Crippen LogP contribution in [0.1, 0.15) is 44.7 Å². The van der Waals surface area contributed by atoms with Crippen molar-refractivity contribution in [2.75, 3.05) is 7.11 Å². The zero-order valence-corrected chi connectivity index (χ0v) is 18.4. The van der Waals surface area contributed by atoms with Crippen LogP contribution >= 0.6 is 0 Å². The lowest BCUT2D eigenvalue weighted by molar-refractivity contribution is -0.122. The Labute approximate surface area is 183 Å². The Morgan fingerprint density at radius 1 is 1.10 bits per heavy atom. The quantitative estimate of drug-likeness (QED) is 0.494. The Balaban J connectivity index is 1.73. The Kier molecular flexibility index (Phi) is 5.59. The van der Waals surface area contributed by atoms with Gasteiger partial charge in [0.05, 0.1) is 7.11 Å². The predicted octanol–water partition coefficient (Wildman–Crippen LogP) is 5.45. The molecule has 1 heterocycles. The second-order valence-corrected chi connectivity index (χ2v) is 8.72. The zero-order valence-electron chi connectivity index (χ0n) is 18.4. The maximum absolute atomic E-state index is 13.3. The van der Waals surface area contributed by atoms with Crippen LogP contribution in [0, 0.1) is 5.41 Å². The van der Waals surface area contributed by atoms with Gasteiger partial charge in [-0.2, -0.15) is 10.1 Å². The van der Waals surface area contributed by atoms with Crippen LogP contribution in [-0.4, -0.2) is 29.6 Å². The third-order valence-corrected chi connectivity index (χ3v) is 5.31. The number of hydrogen-bond acceptors (Lipinski definition) is 4. The van der Waals surface area contributed by atoms with E-state index in [2.05, 4.69) is 31.8 Å². The van der Waals surface area contributed by atoms with Gasteiger partial charge >= 0.3 is 0 Å². The van der Waals surface area contributed by atoms with Crippen LogP contribution in [-0.2, 0) is 4.79 Å². The molecule has 4 rings (SSSR count). The summed E-state index contributed by atoms with van der Waals surface area (Å²) in [6.07, 6.45) is 5.67. The summed E-state index contributed by atoms with van der Waals surface area (Å²) in [6, 6.07) is 17.3. The summed E-state index contributed by atoms with van der Waals surface area (Å²) in [5, 5.41) is 6.27. The molecule has 0 bridgehead atoms. The number of ether oxygens (including phenoxy) is 1. The Hall–Kier alpha value is -3.47. The minimum atomic E-state index is -0.216. The highest BCUT2D eigenvalue weighted by Crippen LogP contribution is 2.32. The molecule has 2 aliphatic rings. The topological polar surface area (TPSA) is 54.3 Å². The van der Waals surface area contributed by atoms with Crippen LogP contribution in [0.4, 0.5) is 0 Å². The van der Waals surface area contributed by atoms with Crippen LogP contribution in [0.2, 0.25) is 0 Å². The maximum atomic E-state index is 13.3. The first-order chi connectivity index (χ1) is 14.8. The summed E-state index contributed by atoms with van der Waals surface area (Å²) in [7, 11) is 1.63. The highest BCUT2D eigenvalue weighted by molar-refractivity contribution is 6.20. The number of allylic oxidation sites excluding steroid dienone is 2. The maximum Gasteiger partial charge on any atom is 0.298 e. The fourth-order valence-corrected chi connectivity index (χ4v) is 4.12. The van der Waals surface area contributed by atoms with E-state index < -0.39 is 0 Å². The Bertz CT molecular complexity index is 1110. The van der Waals surface area contributed by atoms with Gasteiger partial charge in [0, 0.05) is 17.7 Å². The summed E-state index contributed by atoms with van der Waals surface area (Å²) in [4.78, 5) is 18.0. The van der Waals surface area contributed by atoms with Gasteiger partial charge in [-0.3, -0.25) is 4.79 Å². The molecule has 0 radical (unpaired) electrons. The first-order valence-corrected chi connectivity index (χ1v) is 10.4. The van der Waals surface area contributed by atoms with Crippen molar-refractivity contribution in [3.8, 4) is 5.75 Å². The van der Waals surface area contributed by atoms with E-state index in [1.807, 2.05) is 54.6 Å². The number of carbonyl (C=O) groups excluding carboxylic acids is 1. The summed E-state index contributed by atoms with van der Waals surface area (Å²) in [5.41, 5.74) is 4.40. The molecule has 2 aromatic carbocycles. The van der Waals surface area contributed by atoms with Crippen molar-refractivity contribution in [3.05, 3.63) is 83.1 Å². The van der Waals surface area contributed by atoms with E-state index in [1.54, 1.807) is 13.2 Å². The summed E-state index contributed by atoms with van der Waals surface area (Å²) in [6.45, 7) is 6.50. The number of amides is 1. The lowest BCUT2D eigenvalue weighted by atomic mass is 9.79. The van der Waals surface area contributed by atoms with Crippen molar-refractivity contribution in [1.82, 2.24) is 5.01 Å². The van der Waals surface area contributed by atoms with Crippen molar-refractivity contribution in [3.63, 3.8) is 0 Å². The summed E-state index contributed by atoms with van der Waals surface area (Å²) < 4.78 is 5.22. The number of aliphatic imine (C=N–C) groups is 1. The second-order valence-electron chi connectivity index (χ2n) is 8.72. The van der Waals surface area contributed by atoms with E-state index in [0.29, 0.717) is 11.5 Å². The van der Waals surface area contributed by atoms with E-state index in [1.165, 1.54) is 10.6 Å². The highest BCUT2D eigenvalue weighted by Gasteiger charge is 2.33. The minimum absolute atomic E-state index is 0.0236. The molecule has 158 valence electrons. The van der Waals surface area contributed by atoms with E-state index >= 15 is 0 Å². The SMILES string of the molecule is COc1ccc(C=C2N=C(c3ccccc3)N(N=C3CC(C)=CC(C)(C)C3)C2=O)cc1. The largest absolute Gasteiger partial charge is 0.497 e. The molecule has 0 saturated heterocycles. The fraction of sp³-hybridized carbons (Fsp3) is 0.269. The molecule has 31 heavy (non-hydrogen) atoms. The molecule has 5 heteroatoms. The number of hydrazone groups is 1. The monoisotopic (exact) mass is 413 g/mol. The molecule has 0 N–H and O–H groups in total. The number of carbonyl (C=O) groups is 1. The standard InChI is InChI=1S/C26H27N3O2/c1-18-14-21(17-26(2,3)16-18)28-29-24(20-8-6-5-7-9-20)27-23(25(29)30)15-19-10-12-22(31-4)13-11-19/h5-13,15-16H,14,17H2,1-4H3. The number of nitrogens with zero attached hydrogens (tertiary/aromatic N) is 3. The van der Waals surface area contributed by atoms with Crippen LogP contribution in [0.25, 0.3) is 6.08 Å². The smallest absolute Gasteiger partial charge is 0.298 e. The molecular formula is C26H27N3O2. The molecule has 1 aliphatic carbocycles. The van der Waals surface area contributed by atoms with Crippen LogP contribution < -0.4 is 4.74 Å². The normalized spacial score (nSPS) is 20.8. The third kappa shape index (κ3) is 4.66. The molecule has 0 unspecified atom stereocenters. The van der Waals surface area contributed by atoms with E-state index in [4.69, 9.17) is 9.84 Å². The first-order valence-electron chi connectivity index (χ1n) is 10.4. The predicted molar refractivity (Wildman–Crippen MR) is 125 cm³/mol. The lowest BCUT2D eigenvalue weighted by Gasteiger charge is -2.28. The lowest BCUT2D eigenvalue weighted by Crippen LogP contribution is -2.31. The second kappa shape index (κ2) is 8.34. The van der Waals surface area contributed by atoms with Gasteiger partial charge in [-0.15, -0.1) is 0 Å². The molecule has 0 saturated carbocycles. The molecule has 0 fully saturated rings. The summed E-state index contributed by atoms with van der Waals surface area (Å²) >= 11 is 0. The molecule has 0 atom stereocenters. The highest BCUT2D eigenvalue weighted by atomic mass is 16.5. The zero-order chi connectivity index (χ0) is 22.0. The molecular weight excluding hydrogens is 386 g/mol. The van der Waals surface area contributed by atoms with Crippen molar-refractivity contribution in [2.24, 2.45) is 15.5 Å². The Morgan fingerprint density at radius 2 is 1.81 bits per heavy atom. The van der Waals surface area contributed by atoms with Gasteiger partial charge < -0.3 is 4.74 Å². The van der Waals surface area contributed by atoms with Gasteiger partial charge in [-0.25, -0.2) is 4.99 Å². The van der Waals surface area contributed by atoms with Gasteiger partial charge in [0.1, 0.15) is 11.4 Å². The van der Waals surface area contributed by atoms with Crippen LogP contribution in [0.3, 0.4) is 0 Å². The molecule has 1 aliphatic heterocycles. The average molecular weight is 414 g/mol. The van der Waals surface area contributed by atoms with Gasteiger partial charge in [0.15, 0.2) is 5.84 Å². The van der Waals surface area contributed by atoms with Crippen molar-refractivity contribution in [1.29, 1.82) is 0 Å². The molecule has 2 aromatic rings. The first kappa shape index (κ1) is 20.8. The van der Waals surface area contributed by atoms with E-state index in [-0.39, 0.29) is 11.3 Å². The molecule has 0 aromatic heterocycles.